The molecule has 0 aliphatic carbocycles. The molecule has 0 saturated carbocycles. The lowest BCUT2D eigenvalue weighted by atomic mass is 9.81. The fourth-order valence-corrected chi connectivity index (χ4v) is 3.43. The van der Waals surface area contributed by atoms with Gasteiger partial charge in [0.15, 0.2) is 0 Å². The van der Waals surface area contributed by atoms with Crippen LogP contribution in [0.3, 0.4) is 0 Å². The third kappa shape index (κ3) is 1.83. The number of benzene rings is 1. The molecule has 1 aliphatic rings. The molecule has 0 unspecified atom stereocenters. The molecular weight excluding hydrogens is 242 g/mol. The van der Waals surface area contributed by atoms with Crippen molar-refractivity contribution in [2.75, 3.05) is 11.9 Å². The molecule has 108 valence electrons. The summed E-state index contributed by atoms with van der Waals surface area (Å²) in [6.45, 7) is 18.0. The monoisotopic (exact) mass is 269 g/mol. The van der Waals surface area contributed by atoms with Crippen molar-refractivity contribution in [2.45, 2.75) is 55.4 Å². The Kier molecular flexibility index (Phi) is 3.58. The average molecular weight is 269 g/mol. The summed E-state index contributed by atoms with van der Waals surface area (Å²) in [5.74, 6) is 0. The summed E-state index contributed by atoms with van der Waals surface area (Å²) in [6, 6.07) is 0. The Morgan fingerprint density at radius 3 is 1.75 bits per heavy atom. The lowest BCUT2D eigenvalue weighted by molar-refractivity contribution is 1.01. The number of hydrogen-bond acceptors (Lipinski definition) is 1. The topological polar surface area (TPSA) is 3.24 Å². The van der Waals surface area contributed by atoms with E-state index in [1.165, 1.54) is 55.9 Å². The molecule has 1 aromatic rings. The summed E-state index contributed by atoms with van der Waals surface area (Å²) in [5.41, 5.74) is 14.1. The average Bonchev–Trinajstić information content (AvgIpc) is 2.39. The van der Waals surface area contributed by atoms with E-state index in [9.17, 15) is 0 Å². The summed E-state index contributed by atoms with van der Waals surface area (Å²) >= 11 is 0. The summed E-state index contributed by atoms with van der Waals surface area (Å²) in [6.07, 6.45) is 0. The third-order valence-corrected chi connectivity index (χ3v) is 5.16. The molecule has 1 aromatic carbocycles. The third-order valence-electron chi connectivity index (χ3n) is 5.16. The molecule has 20 heavy (non-hydrogen) atoms. The Hall–Kier alpha value is -1.50. The number of rotatable bonds is 0. The number of anilines is 1. The minimum atomic E-state index is 1.36. The molecule has 0 fully saturated rings. The van der Waals surface area contributed by atoms with Crippen LogP contribution >= 0.6 is 0 Å². The summed E-state index contributed by atoms with van der Waals surface area (Å²) in [5, 5.41) is 0. The Morgan fingerprint density at radius 2 is 1.25 bits per heavy atom. The van der Waals surface area contributed by atoms with Gasteiger partial charge in [-0.1, -0.05) is 5.57 Å². The van der Waals surface area contributed by atoms with E-state index in [-0.39, 0.29) is 0 Å². The van der Waals surface area contributed by atoms with Crippen molar-refractivity contribution in [2.24, 2.45) is 0 Å². The highest BCUT2D eigenvalue weighted by Gasteiger charge is 2.27. The fourth-order valence-electron chi connectivity index (χ4n) is 3.43. The maximum Gasteiger partial charge on any atom is 0.0520 e. The summed E-state index contributed by atoms with van der Waals surface area (Å²) in [4.78, 5) is 2.37. The molecule has 1 heteroatoms. The first kappa shape index (κ1) is 14.9. The van der Waals surface area contributed by atoms with E-state index in [1.54, 1.807) is 0 Å². The van der Waals surface area contributed by atoms with Gasteiger partial charge in [-0.3, -0.25) is 0 Å². The standard InChI is InChI=1S/C19H27N/c1-10(2)17-15(7)16(8)20(9)19-14(6)12(4)11(3)13(5)18(17)19/h1-9H3. The molecule has 1 nitrogen and oxygen atoms in total. The van der Waals surface area contributed by atoms with Crippen LogP contribution < -0.4 is 4.90 Å². The zero-order valence-corrected chi connectivity index (χ0v) is 14.4. The molecule has 0 radical (unpaired) electrons. The zero-order valence-electron chi connectivity index (χ0n) is 14.4. The Balaban J connectivity index is 3.02. The van der Waals surface area contributed by atoms with E-state index >= 15 is 0 Å². The van der Waals surface area contributed by atoms with Crippen LogP contribution in [0.4, 0.5) is 5.69 Å². The van der Waals surface area contributed by atoms with Gasteiger partial charge in [0.1, 0.15) is 0 Å². The quantitative estimate of drug-likeness (QED) is 0.604. The second-order valence-corrected chi connectivity index (χ2v) is 6.37. The molecule has 0 atom stereocenters. The molecule has 0 amide bonds. The zero-order chi connectivity index (χ0) is 15.4. The molecule has 1 aliphatic heterocycles. The van der Waals surface area contributed by atoms with E-state index in [0.29, 0.717) is 0 Å². The highest BCUT2D eigenvalue weighted by molar-refractivity contribution is 5.95. The van der Waals surface area contributed by atoms with Crippen LogP contribution in [-0.4, -0.2) is 7.05 Å². The number of fused-ring (bicyclic) bond motifs is 1. The van der Waals surface area contributed by atoms with E-state index in [0.717, 1.165) is 0 Å². The normalized spacial score (nSPS) is 14.8. The Labute approximate surface area is 124 Å². The Morgan fingerprint density at radius 1 is 0.750 bits per heavy atom. The van der Waals surface area contributed by atoms with Gasteiger partial charge in [0.05, 0.1) is 5.69 Å². The van der Waals surface area contributed by atoms with E-state index < -0.39 is 0 Å². The SMILES string of the molecule is CC(C)=C1C(C)=C(C)N(C)c2c(C)c(C)c(C)c(C)c21. The van der Waals surface area contributed by atoms with Gasteiger partial charge in [0, 0.05) is 18.3 Å². The molecule has 0 saturated heterocycles. The molecule has 0 N–H and O–H groups in total. The maximum absolute atomic E-state index is 2.37. The van der Waals surface area contributed by atoms with Crippen LogP contribution in [0, 0.1) is 27.7 Å². The van der Waals surface area contributed by atoms with E-state index in [2.05, 4.69) is 67.3 Å². The van der Waals surface area contributed by atoms with E-state index in [4.69, 9.17) is 0 Å². The van der Waals surface area contributed by atoms with E-state index in [1.807, 2.05) is 0 Å². The van der Waals surface area contributed by atoms with Gasteiger partial charge >= 0.3 is 0 Å². The van der Waals surface area contributed by atoms with Crippen LogP contribution in [0.25, 0.3) is 5.57 Å². The van der Waals surface area contributed by atoms with Crippen LogP contribution in [-0.2, 0) is 0 Å². The minimum absolute atomic E-state index is 1.36. The van der Waals surface area contributed by atoms with Crippen molar-refractivity contribution in [1.82, 2.24) is 0 Å². The summed E-state index contributed by atoms with van der Waals surface area (Å²) < 4.78 is 0. The fraction of sp³-hybridized carbons (Fsp3) is 0.474. The van der Waals surface area contributed by atoms with Crippen molar-refractivity contribution in [3.63, 3.8) is 0 Å². The van der Waals surface area contributed by atoms with Gasteiger partial charge in [0.25, 0.3) is 0 Å². The smallest absolute Gasteiger partial charge is 0.0520 e. The van der Waals surface area contributed by atoms with Crippen LogP contribution in [0.15, 0.2) is 16.8 Å². The van der Waals surface area contributed by atoms with Crippen molar-refractivity contribution < 1.29 is 0 Å². The Bertz CT molecular complexity index is 653. The van der Waals surface area contributed by atoms with Crippen LogP contribution in [0.5, 0.6) is 0 Å². The maximum atomic E-state index is 2.37. The van der Waals surface area contributed by atoms with Gasteiger partial charge < -0.3 is 4.90 Å². The van der Waals surface area contributed by atoms with Gasteiger partial charge in [-0.05, 0) is 88.8 Å². The van der Waals surface area contributed by atoms with Crippen molar-refractivity contribution in [3.8, 4) is 0 Å². The van der Waals surface area contributed by atoms with Crippen molar-refractivity contribution >= 4 is 11.3 Å². The van der Waals surface area contributed by atoms with Gasteiger partial charge in [-0.25, -0.2) is 0 Å². The molecule has 0 bridgehead atoms. The molecule has 0 aromatic heterocycles. The molecular formula is C19H27N. The second kappa shape index (κ2) is 4.80. The largest absolute Gasteiger partial charge is 0.347 e. The van der Waals surface area contributed by atoms with Gasteiger partial charge in [-0.2, -0.15) is 0 Å². The van der Waals surface area contributed by atoms with Gasteiger partial charge in [-0.15, -0.1) is 0 Å². The lowest BCUT2D eigenvalue weighted by Crippen LogP contribution is -2.24. The molecule has 0 spiro atoms. The first-order valence-electron chi connectivity index (χ1n) is 7.39. The minimum Gasteiger partial charge on any atom is -0.347 e. The predicted molar refractivity (Wildman–Crippen MR) is 90.4 cm³/mol. The second-order valence-electron chi connectivity index (χ2n) is 6.37. The number of allylic oxidation sites excluding steroid dienone is 4. The highest BCUT2D eigenvalue weighted by atomic mass is 15.1. The summed E-state index contributed by atoms with van der Waals surface area (Å²) in [7, 11) is 2.20. The number of nitrogens with zero attached hydrogens (tertiary/aromatic N) is 1. The van der Waals surface area contributed by atoms with Crippen molar-refractivity contribution in [1.29, 1.82) is 0 Å². The number of hydrogen-bond donors (Lipinski definition) is 0. The predicted octanol–water partition coefficient (Wildman–Crippen LogP) is 5.46. The first-order chi connectivity index (χ1) is 9.20. The van der Waals surface area contributed by atoms with Crippen LogP contribution in [0.2, 0.25) is 0 Å². The van der Waals surface area contributed by atoms with Gasteiger partial charge in [0.2, 0.25) is 0 Å². The first-order valence-corrected chi connectivity index (χ1v) is 7.39. The van der Waals surface area contributed by atoms with Crippen LogP contribution in [0.1, 0.15) is 55.5 Å². The van der Waals surface area contributed by atoms with Crippen molar-refractivity contribution in [3.05, 3.63) is 44.7 Å². The highest BCUT2D eigenvalue weighted by Crippen LogP contribution is 2.46. The lowest BCUT2D eigenvalue weighted by Gasteiger charge is -2.36. The molecule has 1 heterocycles. The molecule has 2 rings (SSSR count).